The Balaban J connectivity index is 1.68. The van der Waals surface area contributed by atoms with Crippen LogP contribution in [0.5, 0.6) is 0 Å². The number of benzene rings is 3. The van der Waals surface area contributed by atoms with Gasteiger partial charge in [-0.15, -0.1) is 11.8 Å². The van der Waals surface area contributed by atoms with E-state index in [2.05, 4.69) is 11.4 Å². The molecule has 0 radical (unpaired) electrons. The maximum atomic E-state index is 13.5. The fraction of sp³-hybridized carbons (Fsp3) is 0.167. The molecule has 4 nitrogen and oxygen atoms in total. The number of halogens is 1. The average Bonchev–Trinajstić information content (AvgIpc) is 3.09. The van der Waals surface area contributed by atoms with Crippen molar-refractivity contribution in [1.82, 2.24) is 0 Å². The summed E-state index contributed by atoms with van der Waals surface area (Å²) >= 11 is 1.52. The smallest absolute Gasteiger partial charge is 0.255 e. The molecular weight excluding hydrogens is 399 g/mol. The van der Waals surface area contributed by atoms with Gasteiger partial charge >= 0.3 is 0 Å². The predicted octanol–water partition coefficient (Wildman–Crippen LogP) is 5.47. The number of thioether (sulfide) groups is 1. The van der Waals surface area contributed by atoms with E-state index in [4.69, 9.17) is 0 Å². The van der Waals surface area contributed by atoms with Gasteiger partial charge in [-0.3, -0.25) is 14.5 Å². The molecule has 152 valence electrons. The van der Waals surface area contributed by atoms with Crippen LogP contribution in [0.2, 0.25) is 0 Å². The number of nitrogens with one attached hydrogen (secondary N) is 1. The monoisotopic (exact) mass is 420 g/mol. The normalized spacial score (nSPS) is 16.0. The number of carbonyl (C=O) groups is 2. The van der Waals surface area contributed by atoms with Crippen molar-refractivity contribution in [3.05, 3.63) is 94.8 Å². The molecular formula is C24H21FN2O2S. The fourth-order valence-electron chi connectivity index (χ4n) is 3.64. The Bertz CT molecular complexity index is 1130. The molecule has 4 rings (SSSR count). The molecule has 3 aromatic carbocycles. The van der Waals surface area contributed by atoms with Crippen LogP contribution >= 0.6 is 11.8 Å². The molecule has 1 fully saturated rings. The lowest BCUT2D eigenvalue weighted by molar-refractivity contribution is -0.115. The molecule has 3 aromatic rings. The van der Waals surface area contributed by atoms with Gasteiger partial charge in [-0.25, -0.2) is 4.39 Å². The van der Waals surface area contributed by atoms with Crippen LogP contribution in [0.25, 0.3) is 0 Å². The highest BCUT2D eigenvalue weighted by Crippen LogP contribution is 2.45. The maximum absolute atomic E-state index is 13.5. The van der Waals surface area contributed by atoms with Gasteiger partial charge < -0.3 is 5.32 Å². The summed E-state index contributed by atoms with van der Waals surface area (Å²) in [6.45, 7) is 4.01. The first-order valence-corrected chi connectivity index (χ1v) is 10.7. The molecule has 30 heavy (non-hydrogen) atoms. The number of carbonyl (C=O) groups excluding carboxylic acids is 2. The van der Waals surface area contributed by atoms with Gasteiger partial charge in [-0.1, -0.05) is 42.0 Å². The van der Waals surface area contributed by atoms with Crippen molar-refractivity contribution >= 4 is 35.0 Å². The van der Waals surface area contributed by atoms with Gasteiger partial charge in [0.15, 0.2) is 0 Å². The van der Waals surface area contributed by atoms with E-state index in [1.165, 1.54) is 30.0 Å². The molecule has 6 heteroatoms. The minimum atomic E-state index is -0.464. The molecule has 1 N–H and O–H groups in total. The average molecular weight is 421 g/mol. The first-order chi connectivity index (χ1) is 14.4. The van der Waals surface area contributed by atoms with Crippen LogP contribution in [0.1, 0.15) is 32.4 Å². The summed E-state index contributed by atoms with van der Waals surface area (Å²) in [6, 6.07) is 19.0. The molecule has 2 amide bonds. The first-order valence-electron chi connectivity index (χ1n) is 9.61. The zero-order chi connectivity index (χ0) is 21.3. The van der Waals surface area contributed by atoms with Crippen molar-refractivity contribution < 1.29 is 14.0 Å². The standard InChI is InChI=1S/C24H21FN2O2S/c1-15-10-11-21(16(2)12-15)27-22(28)14-30-24(27)19-8-3-4-9-20(19)26-23(29)17-6-5-7-18(25)13-17/h3-13,24H,14H2,1-2H3,(H,26,29). The molecule has 1 unspecified atom stereocenters. The van der Waals surface area contributed by atoms with Crippen molar-refractivity contribution in [3.8, 4) is 0 Å². The van der Waals surface area contributed by atoms with Crippen LogP contribution < -0.4 is 10.2 Å². The molecule has 0 aromatic heterocycles. The van der Waals surface area contributed by atoms with E-state index in [1.807, 2.05) is 44.2 Å². The van der Waals surface area contributed by atoms with Gasteiger partial charge in [0.25, 0.3) is 5.91 Å². The Morgan fingerprint density at radius 2 is 1.87 bits per heavy atom. The Kier molecular flexibility index (Phi) is 5.59. The van der Waals surface area contributed by atoms with Crippen LogP contribution in [0.4, 0.5) is 15.8 Å². The number of amides is 2. The second kappa shape index (κ2) is 8.32. The number of hydrogen-bond acceptors (Lipinski definition) is 3. The van der Waals surface area contributed by atoms with Crippen molar-refractivity contribution in [3.63, 3.8) is 0 Å². The van der Waals surface area contributed by atoms with E-state index in [1.54, 1.807) is 17.0 Å². The number of rotatable bonds is 4. The van der Waals surface area contributed by atoms with Crippen LogP contribution in [-0.2, 0) is 4.79 Å². The van der Waals surface area contributed by atoms with E-state index < -0.39 is 11.7 Å². The van der Waals surface area contributed by atoms with E-state index in [-0.39, 0.29) is 16.8 Å². The molecule has 1 saturated heterocycles. The van der Waals surface area contributed by atoms with E-state index in [9.17, 15) is 14.0 Å². The topological polar surface area (TPSA) is 49.4 Å². The molecule has 1 aliphatic rings. The zero-order valence-electron chi connectivity index (χ0n) is 16.7. The second-order valence-corrected chi connectivity index (χ2v) is 8.34. The summed E-state index contributed by atoms with van der Waals surface area (Å²) < 4.78 is 13.5. The Hall–Kier alpha value is -3.12. The summed E-state index contributed by atoms with van der Waals surface area (Å²) in [6.07, 6.45) is 0. The summed E-state index contributed by atoms with van der Waals surface area (Å²) in [7, 11) is 0. The predicted molar refractivity (Wildman–Crippen MR) is 119 cm³/mol. The van der Waals surface area contributed by atoms with Crippen molar-refractivity contribution in [2.24, 2.45) is 0 Å². The lowest BCUT2D eigenvalue weighted by Crippen LogP contribution is -2.29. The fourth-order valence-corrected chi connectivity index (χ4v) is 4.85. The number of para-hydroxylation sites is 1. The van der Waals surface area contributed by atoms with Crippen LogP contribution in [-0.4, -0.2) is 17.6 Å². The Morgan fingerprint density at radius 3 is 2.63 bits per heavy atom. The third-order valence-corrected chi connectivity index (χ3v) is 6.24. The lowest BCUT2D eigenvalue weighted by atomic mass is 10.1. The van der Waals surface area contributed by atoms with Crippen molar-refractivity contribution in [2.45, 2.75) is 19.2 Å². The SMILES string of the molecule is Cc1ccc(N2C(=O)CSC2c2ccccc2NC(=O)c2cccc(F)c2)c(C)c1. The summed E-state index contributed by atoms with van der Waals surface area (Å²) in [5.74, 6) is -0.462. The number of anilines is 2. The van der Waals surface area contributed by atoms with Crippen LogP contribution in [0, 0.1) is 19.7 Å². The second-order valence-electron chi connectivity index (χ2n) is 7.27. The summed E-state index contributed by atoms with van der Waals surface area (Å²) in [5, 5.41) is 2.62. The maximum Gasteiger partial charge on any atom is 0.255 e. The minimum Gasteiger partial charge on any atom is -0.322 e. The molecule has 1 atom stereocenters. The number of aryl methyl sites for hydroxylation is 2. The number of nitrogens with zero attached hydrogens (tertiary/aromatic N) is 1. The lowest BCUT2D eigenvalue weighted by Gasteiger charge is -2.27. The van der Waals surface area contributed by atoms with E-state index in [0.29, 0.717) is 11.4 Å². The highest BCUT2D eigenvalue weighted by molar-refractivity contribution is 8.00. The van der Waals surface area contributed by atoms with E-state index in [0.717, 1.165) is 22.4 Å². The van der Waals surface area contributed by atoms with Crippen molar-refractivity contribution in [1.29, 1.82) is 0 Å². The molecule has 1 heterocycles. The third-order valence-electron chi connectivity index (χ3n) is 5.04. The molecule has 0 bridgehead atoms. The van der Waals surface area contributed by atoms with Gasteiger partial charge in [0.2, 0.25) is 5.91 Å². The zero-order valence-corrected chi connectivity index (χ0v) is 17.5. The third kappa shape index (κ3) is 3.96. The Morgan fingerprint density at radius 1 is 1.07 bits per heavy atom. The largest absolute Gasteiger partial charge is 0.322 e. The molecule has 0 aliphatic carbocycles. The van der Waals surface area contributed by atoms with E-state index >= 15 is 0 Å². The van der Waals surface area contributed by atoms with Crippen molar-refractivity contribution in [2.75, 3.05) is 16.0 Å². The van der Waals surface area contributed by atoms with Gasteiger partial charge in [0.1, 0.15) is 11.2 Å². The van der Waals surface area contributed by atoms with Gasteiger partial charge in [-0.2, -0.15) is 0 Å². The quantitative estimate of drug-likeness (QED) is 0.609. The summed E-state index contributed by atoms with van der Waals surface area (Å²) in [5.41, 5.74) is 4.71. The molecule has 0 saturated carbocycles. The highest BCUT2D eigenvalue weighted by Gasteiger charge is 2.36. The first kappa shape index (κ1) is 20.2. The van der Waals surface area contributed by atoms with Crippen LogP contribution in [0.3, 0.4) is 0 Å². The molecule has 0 spiro atoms. The summed E-state index contributed by atoms with van der Waals surface area (Å²) in [4.78, 5) is 27.2. The van der Waals surface area contributed by atoms with Gasteiger partial charge in [0, 0.05) is 22.5 Å². The van der Waals surface area contributed by atoms with Gasteiger partial charge in [0.05, 0.1) is 5.75 Å². The Labute approximate surface area is 179 Å². The number of hydrogen-bond donors (Lipinski definition) is 1. The highest BCUT2D eigenvalue weighted by atomic mass is 32.2. The van der Waals surface area contributed by atoms with Gasteiger partial charge in [-0.05, 0) is 49.7 Å². The molecule has 1 aliphatic heterocycles. The minimum absolute atomic E-state index is 0.0308. The van der Waals surface area contributed by atoms with Crippen LogP contribution in [0.15, 0.2) is 66.7 Å².